The Labute approximate surface area is 195 Å². The molecule has 170 valence electrons. The molecule has 0 saturated carbocycles. The molecule has 0 aliphatic carbocycles. The number of rotatable bonds is 7. The number of phenols is 1. The van der Waals surface area contributed by atoms with E-state index in [4.69, 9.17) is 4.98 Å². The van der Waals surface area contributed by atoms with Crippen molar-refractivity contribution >= 4 is 34.2 Å². The van der Waals surface area contributed by atoms with Crippen LogP contribution in [0.5, 0.6) is 5.75 Å². The summed E-state index contributed by atoms with van der Waals surface area (Å²) in [5, 5.41) is 20.1. The number of pyridine rings is 1. The van der Waals surface area contributed by atoms with Crippen molar-refractivity contribution in [3.8, 4) is 16.3 Å². The molecule has 0 saturated heterocycles. The molecule has 33 heavy (non-hydrogen) atoms. The number of benzene rings is 1. The van der Waals surface area contributed by atoms with Crippen molar-refractivity contribution in [2.45, 2.75) is 26.8 Å². The van der Waals surface area contributed by atoms with Crippen LogP contribution >= 0.6 is 11.3 Å². The lowest BCUT2D eigenvalue weighted by Crippen LogP contribution is -2.34. The zero-order valence-electron chi connectivity index (χ0n) is 18.6. The Hall–Kier alpha value is -3.72. The van der Waals surface area contributed by atoms with Crippen LogP contribution in [0.25, 0.3) is 21.6 Å². The van der Waals surface area contributed by atoms with Crippen LogP contribution in [-0.2, 0) is 0 Å². The molecule has 2 amide bonds. The zero-order valence-corrected chi connectivity index (χ0v) is 19.4. The summed E-state index contributed by atoms with van der Waals surface area (Å²) in [5.74, 6) is -0.427. The number of thiophene rings is 1. The summed E-state index contributed by atoms with van der Waals surface area (Å²) in [4.78, 5) is 32.2. The maximum Gasteiger partial charge on any atom is 0.252 e. The lowest BCUT2D eigenvalue weighted by molar-refractivity contribution is 0.0928. The van der Waals surface area contributed by atoms with Gasteiger partial charge >= 0.3 is 0 Å². The Balaban J connectivity index is 1.51. The maximum atomic E-state index is 13.1. The molecular weight excluding hydrogens is 438 g/mol. The molecular formula is C24H25N5O3S. The van der Waals surface area contributed by atoms with Crippen LogP contribution in [-0.4, -0.2) is 44.8 Å². The molecule has 4 aromatic rings. The molecule has 0 unspecified atom stereocenters. The van der Waals surface area contributed by atoms with Gasteiger partial charge in [-0.3, -0.25) is 9.59 Å². The molecule has 3 heterocycles. The van der Waals surface area contributed by atoms with Crippen LogP contribution in [0.2, 0.25) is 0 Å². The van der Waals surface area contributed by atoms with Crippen molar-refractivity contribution in [2.24, 2.45) is 0 Å². The third-order valence-electron chi connectivity index (χ3n) is 5.12. The number of carbonyl (C=O) groups is 2. The summed E-state index contributed by atoms with van der Waals surface area (Å²) >= 11 is 1.62. The topological polar surface area (TPSA) is 109 Å². The highest BCUT2D eigenvalue weighted by molar-refractivity contribution is 7.15. The minimum absolute atomic E-state index is 0.0975. The fourth-order valence-corrected chi connectivity index (χ4v) is 4.27. The number of hydrogen-bond acceptors (Lipinski definition) is 6. The van der Waals surface area contributed by atoms with Crippen molar-refractivity contribution in [2.75, 3.05) is 13.1 Å². The molecule has 9 heteroatoms. The van der Waals surface area contributed by atoms with E-state index in [1.165, 1.54) is 29.1 Å². The van der Waals surface area contributed by atoms with Crippen LogP contribution in [0.15, 0.2) is 48.7 Å². The standard InChI is InChI=1S/C24H25N5O3S/c1-14(2)29-22-19(13-27-29)18(12-20(28-22)21-9-4-15(3)33-21)24(32)26-11-10-25-23(31)16-5-7-17(30)8-6-16/h4-9,12-14,30H,10-11H2,1-3H3,(H,25,31)(H,26,32). The Morgan fingerprint density at radius 2 is 1.76 bits per heavy atom. The Kier molecular flexibility index (Phi) is 6.41. The largest absolute Gasteiger partial charge is 0.508 e. The molecule has 1 aromatic carbocycles. The van der Waals surface area contributed by atoms with Crippen LogP contribution < -0.4 is 10.6 Å². The number of nitrogens with one attached hydrogen (secondary N) is 2. The third-order valence-corrected chi connectivity index (χ3v) is 6.14. The van der Waals surface area contributed by atoms with Gasteiger partial charge in [-0.15, -0.1) is 11.3 Å². The highest BCUT2D eigenvalue weighted by Gasteiger charge is 2.19. The van der Waals surface area contributed by atoms with E-state index in [1.807, 2.05) is 37.6 Å². The molecule has 3 aromatic heterocycles. The van der Waals surface area contributed by atoms with Gasteiger partial charge in [0.25, 0.3) is 11.8 Å². The first-order valence-electron chi connectivity index (χ1n) is 10.6. The molecule has 0 bridgehead atoms. The minimum atomic E-state index is -0.274. The number of aromatic nitrogens is 3. The summed E-state index contributed by atoms with van der Waals surface area (Å²) in [5.41, 5.74) is 2.33. The van der Waals surface area contributed by atoms with E-state index in [1.54, 1.807) is 23.6 Å². The van der Waals surface area contributed by atoms with Crippen LogP contribution in [0.1, 0.15) is 45.5 Å². The number of carbonyl (C=O) groups excluding carboxylic acids is 2. The second-order valence-electron chi connectivity index (χ2n) is 7.94. The second kappa shape index (κ2) is 9.41. The van der Waals surface area contributed by atoms with Crippen molar-refractivity contribution in [3.63, 3.8) is 0 Å². The average Bonchev–Trinajstić information content (AvgIpc) is 3.42. The van der Waals surface area contributed by atoms with Crippen LogP contribution in [0.3, 0.4) is 0 Å². The van der Waals surface area contributed by atoms with E-state index in [2.05, 4.69) is 15.7 Å². The molecule has 4 rings (SSSR count). The lowest BCUT2D eigenvalue weighted by Gasteiger charge is -2.11. The lowest BCUT2D eigenvalue weighted by atomic mass is 10.1. The quantitative estimate of drug-likeness (QED) is 0.360. The zero-order chi connectivity index (χ0) is 23.5. The van der Waals surface area contributed by atoms with Gasteiger partial charge in [0.2, 0.25) is 0 Å². The van der Waals surface area contributed by atoms with E-state index in [9.17, 15) is 14.7 Å². The number of hydrogen-bond donors (Lipinski definition) is 3. The molecule has 0 radical (unpaired) electrons. The summed E-state index contributed by atoms with van der Waals surface area (Å²) in [6.45, 7) is 6.60. The van der Waals surface area contributed by atoms with Crippen LogP contribution in [0, 0.1) is 6.92 Å². The van der Waals surface area contributed by atoms with Gasteiger partial charge in [-0.25, -0.2) is 9.67 Å². The smallest absolute Gasteiger partial charge is 0.252 e. The first kappa shape index (κ1) is 22.5. The van der Waals surface area contributed by atoms with E-state index in [-0.39, 0.29) is 36.7 Å². The van der Waals surface area contributed by atoms with E-state index in [0.29, 0.717) is 22.2 Å². The summed E-state index contributed by atoms with van der Waals surface area (Å²) in [6.07, 6.45) is 1.67. The number of nitrogens with zero attached hydrogens (tertiary/aromatic N) is 3. The van der Waals surface area contributed by atoms with Gasteiger partial charge in [-0.1, -0.05) is 0 Å². The van der Waals surface area contributed by atoms with Gasteiger partial charge in [0, 0.05) is 29.6 Å². The number of aromatic hydroxyl groups is 1. The predicted molar refractivity (Wildman–Crippen MR) is 129 cm³/mol. The highest BCUT2D eigenvalue weighted by atomic mass is 32.1. The molecule has 0 atom stereocenters. The Morgan fingerprint density at radius 3 is 2.39 bits per heavy atom. The van der Waals surface area contributed by atoms with Crippen molar-refractivity contribution < 1.29 is 14.7 Å². The summed E-state index contributed by atoms with van der Waals surface area (Å²) in [6, 6.07) is 11.9. The molecule has 0 fully saturated rings. The predicted octanol–water partition coefficient (Wildman–Crippen LogP) is 3.91. The van der Waals surface area contributed by atoms with Gasteiger partial charge in [-0.2, -0.15) is 5.10 Å². The molecule has 0 aliphatic rings. The van der Waals surface area contributed by atoms with E-state index >= 15 is 0 Å². The van der Waals surface area contributed by atoms with Crippen molar-refractivity contribution in [1.82, 2.24) is 25.4 Å². The number of aryl methyl sites for hydroxylation is 1. The molecule has 8 nitrogen and oxygen atoms in total. The van der Waals surface area contributed by atoms with Crippen molar-refractivity contribution in [3.05, 3.63) is 64.7 Å². The monoisotopic (exact) mass is 463 g/mol. The van der Waals surface area contributed by atoms with Gasteiger partial charge in [-0.05, 0) is 63.2 Å². The maximum absolute atomic E-state index is 13.1. The van der Waals surface area contributed by atoms with Gasteiger partial charge in [0.05, 0.1) is 27.7 Å². The molecule has 3 N–H and O–H groups in total. The van der Waals surface area contributed by atoms with Crippen LogP contribution in [0.4, 0.5) is 0 Å². The second-order valence-corrected chi connectivity index (χ2v) is 9.23. The highest BCUT2D eigenvalue weighted by Crippen LogP contribution is 2.30. The first-order valence-corrected chi connectivity index (χ1v) is 11.5. The van der Waals surface area contributed by atoms with Gasteiger partial charge in [0.15, 0.2) is 5.65 Å². The molecule has 0 aliphatic heterocycles. The number of amides is 2. The Morgan fingerprint density at radius 1 is 1.06 bits per heavy atom. The third kappa shape index (κ3) is 4.88. The fraction of sp³-hybridized carbons (Fsp3) is 0.250. The fourth-order valence-electron chi connectivity index (χ4n) is 3.44. The van der Waals surface area contributed by atoms with Gasteiger partial charge in [0.1, 0.15) is 5.75 Å². The van der Waals surface area contributed by atoms with E-state index < -0.39 is 0 Å². The normalized spacial score (nSPS) is 11.2. The average molecular weight is 464 g/mol. The number of fused-ring (bicyclic) bond motifs is 1. The molecule has 0 spiro atoms. The summed E-state index contributed by atoms with van der Waals surface area (Å²) in [7, 11) is 0. The van der Waals surface area contributed by atoms with Gasteiger partial charge < -0.3 is 15.7 Å². The summed E-state index contributed by atoms with van der Waals surface area (Å²) < 4.78 is 1.81. The first-order chi connectivity index (χ1) is 15.8. The Bertz CT molecular complexity index is 1310. The minimum Gasteiger partial charge on any atom is -0.508 e. The number of phenolic OH excluding ortho intramolecular Hbond substituents is 1. The van der Waals surface area contributed by atoms with Crippen molar-refractivity contribution in [1.29, 1.82) is 0 Å². The van der Waals surface area contributed by atoms with E-state index in [0.717, 1.165) is 10.6 Å². The SMILES string of the molecule is Cc1ccc(-c2cc(C(=O)NCCNC(=O)c3ccc(O)cc3)c3cnn(C(C)C)c3n2)s1.